The van der Waals surface area contributed by atoms with Crippen LogP contribution in [0.25, 0.3) is 17.0 Å². The third kappa shape index (κ3) is 3.17. The van der Waals surface area contributed by atoms with Crippen LogP contribution >= 0.6 is 15.9 Å². The van der Waals surface area contributed by atoms with Crippen molar-refractivity contribution in [1.29, 1.82) is 5.26 Å². The number of para-hydroxylation sites is 2. The van der Waals surface area contributed by atoms with Gasteiger partial charge in [-0.15, -0.1) is 0 Å². The predicted octanol–water partition coefficient (Wildman–Crippen LogP) is 4.48. The molecule has 0 aliphatic carbocycles. The number of halogens is 1. The first-order valence-corrected chi connectivity index (χ1v) is 7.72. The summed E-state index contributed by atoms with van der Waals surface area (Å²) in [6.07, 6.45) is 3.37. The predicted molar refractivity (Wildman–Crippen MR) is 94.7 cm³/mol. The van der Waals surface area contributed by atoms with Crippen molar-refractivity contribution in [3.63, 3.8) is 0 Å². The van der Waals surface area contributed by atoms with Gasteiger partial charge in [0.2, 0.25) is 0 Å². The highest BCUT2D eigenvalue weighted by atomic mass is 79.9. The molecule has 2 N–H and O–H groups in total. The van der Waals surface area contributed by atoms with Crippen molar-refractivity contribution in [2.45, 2.75) is 0 Å². The maximum absolute atomic E-state index is 12.3. The number of aromatic nitrogens is 1. The van der Waals surface area contributed by atoms with E-state index in [1.165, 1.54) is 0 Å². The highest BCUT2D eigenvalue weighted by Gasteiger charge is 2.12. The number of carbonyl (C=O) groups is 1. The van der Waals surface area contributed by atoms with Gasteiger partial charge in [-0.2, -0.15) is 5.26 Å². The van der Waals surface area contributed by atoms with Crippen LogP contribution in [0.1, 0.15) is 5.56 Å². The lowest BCUT2D eigenvalue weighted by atomic mass is 10.1. The van der Waals surface area contributed by atoms with Crippen molar-refractivity contribution in [1.82, 2.24) is 4.98 Å². The van der Waals surface area contributed by atoms with Crippen LogP contribution in [-0.4, -0.2) is 10.9 Å². The monoisotopic (exact) mass is 365 g/mol. The molecule has 3 rings (SSSR count). The van der Waals surface area contributed by atoms with Gasteiger partial charge in [0, 0.05) is 27.1 Å². The Morgan fingerprint density at radius 1 is 1.17 bits per heavy atom. The Kier molecular flexibility index (Phi) is 4.26. The van der Waals surface area contributed by atoms with Gasteiger partial charge in [0.1, 0.15) is 11.6 Å². The van der Waals surface area contributed by atoms with Crippen molar-refractivity contribution in [3.8, 4) is 6.07 Å². The number of nitrogens with one attached hydrogen (secondary N) is 2. The average Bonchev–Trinajstić information content (AvgIpc) is 2.97. The minimum atomic E-state index is -0.440. The second-order valence-electron chi connectivity index (χ2n) is 4.89. The lowest BCUT2D eigenvalue weighted by Gasteiger charge is -2.06. The molecule has 23 heavy (non-hydrogen) atoms. The molecule has 0 unspecified atom stereocenters. The van der Waals surface area contributed by atoms with Crippen molar-refractivity contribution in [2.75, 3.05) is 5.32 Å². The molecule has 0 bridgehead atoms. The lowest BCUT2D eigenvalue weighted by Crippen LogP contribution is -2.13. The van der Waals surface area contributed by atoms with Crippen LogP contribution in [0.2, 0.25) is 0 Å². The van der Waals surface area contributed by atoms with Crippen LogP contribution < -0.4 is 5.32 Å². The molecule has 1 aromatic heterocycles. The Morgan fingerprint density at radius 3 is 2.70 bits per heavy atom. The van der Waals surface area contributed by atoms with Crippen LogP contribution in [0.4, 0.5) is 5.69 Å². The topological polar surface area (TPSA) is 68.7 Å². The normalized spacial score (nSPS) is 11.2. The summed E-state index contributed by atoms with van der Waals surface area (Å²) in [7, 11) is 0. The number of amides is 1. The summed E-state index contributed by atoms with van der Waals surface area (Å²) in [5.41, 5.74) is 2.43. The Bertz CT molecular complexity index is 950. The van der Waals surface area contributed by atoms with Gasteiger partial charge in [-0.1, -0.05) is 30.3 Å². The van der Waals surface area contributed by atoms with E-state index in [4.69, 9.17) is 0 Å². The average molecular weight is 366 g/mol. The van der Waals surface area contributed by atoms with Crippen LogP contribution in [0.3, 0.4) is 0 Å². The fraction of sp³-hybridized carbons (Fsp3) is 0. The fourth-order valence-electron chi connectivity index (χ4n) is 2.27. The van der Waals surface area contributed by atoms with E-state index in [0.717, 1.165) is 20.9 Å². The van der Waals surface area contributed by atoms with Gasteiger partial charge >= 0.3 is 0 Å². The van der Waals surface area contributed by atoms with Crippen LogP contribution in [-0.2, 0) is 4.79 Å². The summed E-state index contributed by atoms with van der Waals surface area (Å²) < 4.78 is 0.762. The lowest BCUT2D eigenvalue weighted by molar-refractivity contribution is -0.112. The van der Waals surface area contributed by atoms with Gasteiger partial charge in [-0.25, -0.2) is 0 Å². The molecule has 0 fully saturated rings. The number of benzene rings is 2. The summed E-state index contributed by atoms with van der Waals surface area (Å²) >= 11 is 3.37. The summed E-state index contributed by atoms with van der Waals surface area (Å²) in [6.45, 7) is 0. The quantitative estimate of drug-likeness (QED) is 0.530. The van der Waals surface area contributed by atoms with E-state index < -0.39 is 5.91 Å². The van der Waals surface area contributed by atoms with E-state index in [0.29, 0.717) is 5.69 Å². The first-order chi connectivity index (χ1) is 11.2. The molecule has 0 radical (unpaired) electrons. The summed E-state index contributed by atoms with van der Waals surface area (Å²) in [5, 5.41) is 13.0. The Balaban J connectivity index is 1.92. The Hall–Kier alpha value is -2.84. The smallest absolute Gasteiger partial charge is 0.266 e. The molecule has 0 saturated heterocycles. The number of hydrogen-bond donors (Lipinski definition) is 2. The van der Waals surface area contributed by atoms with Crippen LogP contribution in [0.15, 0.2) is 64.8 Å². The van der Waals surface area contributed by atoms with E-state index in [1.807, 2.05) is 48.5 Å². The molecule has 0 atom stereocenters. The van der Waals surface area contributed by atoms with Gasteiger partial charge in [0.15, 0.2) is 0 Å². The zero-order valence-corrected chi connectivity index (χ0v) is 13.6. The largest absolute Gasteiger partial charge is 0.361 e. The maximum Gasteiger partial charge on any atom is 0.266 e. The van der Waals surface area contributed by atoms with Crippen molar-refractivity contribution < 1.29 is 4.79 Å². The fourth-order valence-corrected chi connectivity index (χ4v) is 2.65. The minimum Gasteiger partial charge on any atom is -0.361 e. The number of aromatic amines is 1. The molecule has 2 aromatic carbocycles. The molecule has 0 saturated carbocycles. The van der Waals surface area contributed by atoms with Gasteiger partial charge < -0.3 is 10.3 Å². The van der Waals surface area contributed by atoms with Crippen molar-refractivity contribution >= 4 is 44.5 Å². The number of hydrogen-bond acceptors (Lipinski definition) is 2. The third-order valence-electron chi connectivity index (χ3n) is 3.41. The summed E-state index contributed by atoms with van der Waals surface area (Å²) in [5.74, 6) is -0.440. The molecule has 4 nitrogen and oxygen atoms in total. The summed E-state index contributed by atoms with van der Waals surface area (Å²) in [6, 6.07) is 17.0. The molecular formula is C18H12BrN3O. The van der Waals surface area contributed by atoms with E-state index in [9.17, 15) is 10.1 Å². The number of nitrogens with zero attached hydrogens (tertiary/aromatic N) is 1. The maximum atomic E-state index is 12.3. The molecule has 0 aliphatic heterocycles. The van der Waals surface area contributed by atoms with Gasteiger partial charge in [-0.05, 0) is 40.2 Å². The molecular weight excluding hydrogens is 354 g/mol. The first-order valence-electron chi connectivity index (χ1n) is 6.93. The second kappa shape index (κ2) is 6.51. The molecule has 1 heterocycles. The zero-order chi connectivity index (χ0) is 16.2. The first kappa shape index (κ1) is 15.1. The number of rotatable bonds is 3. The Labute approximate surface area is 141 Å². The molecule has 0 aliphatic rings. The van der Waals surface area contributed by atoms with Crippen LogP contribution in [0, 0.1) is 11.3 Å². The number of nitriles is 1. The molecule has 0 spiro atoms. The van der Waals surface area contributed by atoms with E-state index in [1.54, 1.807) is 18.3 Å². The van der Waals surface area contributed by atoms with E-state index in [2.05, 4.69) is 26.2 Å². The molecule has 3 aromatic rings. The number of fused-ring (bicyclic) bond motifs is 1. The standard InChI is InChI=1S/C18H12BrN3O/c19-15-6-2-4-8-17(15)22-18(23)12(10-20)9-13-11-21-16-7-3-1-5-14(13)16/h1-9,11,21H,(H,22,23). The highest BCUT2D eigenvalue weighted by molar-refractivity contribution is 9.10. The molecule has 1 amide bonds. The zero-order valence-electron chi connectivity index (χ0n) is 12.0. The Morgan fingerprint density at radius 2 is 1.91 bits per heavy atom. The highest BCUT2D eigenvalue weighted by Crippen LogP contribution is 2.23. The van der Waals surface area contributed by atoms with E-state index >= 15 is 0 Å². The number of H-pyrrole nitrogens is 1. The minimum absolute atomic E-state index is 0.0468. The number of carbonyl (C=O) groups excluding carboxylic acids is 1. The SMILES string of the molecule is N#CC(=Cc1c[nH]c2ccccc12)C(=O)Nc1ccccc1Br. The van der Waals surface area contributed by atoms with Gasteiger partial charge in [-0.3, -0.25) is 4.79 Å². The third-order valence-corrected chi connectivity index (χ3v) is 4.10. The molecule has 5 heteroatoms. The van der Waals surface area contributed by atoms with Gasteiger partial charge in [0.05, 0.1) is 5.69 Å². The van der Waals surface area contributed by atoms with Crippen molar-refractivity contribution in [2.24, 2.45) is 0 Å². The van der Waals surface area contributed by atoms with Gasteiger partial charge in [0.25, 0.3) is 5.91 Å². The molecule has 112 valence electrons. The van der Waals surface area contributed by atoms with Crippen molar-refractivity contribution in [3.05, 3.63) is 70.3 Å². The second-order valence-corrected chi connectivity index (χ2v) is 5.75. The summed E-state index contributed by atoms with van der Waals surface area (Å²) in [4.78, 5) is 15.4. The van der Waals surface area contributed by atoms with E-state index in [-0.39, 0.29) is 5.57 Å². The van der Waals surface area contributed by atoms with Crippen LogP contribution in [0.5, 0.6) is 0 Å². The number of anilines is 1.